The summed E-state index contributed by atoms with van der Waals surface area (Å²) in [5.41, 5.74) is 0.597. The van der Waals surface area contributed by atoms with E-state index < -0.39 is 11.8 Å². The zero-order valence-corrected chi connectivity index (χ0v) is 12.8. The normalized spacial score (nSPS) is 15.3. The first kappa shape index (κ1) is 15.9. The minimum atomic E-state index is -0.686. The van der Waals surface area contributed by atoms with Crippen molar-refractivity contribution in [3.05, 3.63) is 24.3 Å². The summed E-state index contributed by atoms with van der Waals surface area (Å²) in [7, 11) is 0. The molecule has 0 aliphatic heterocycles. The maximum atomic E-state index is 11.7. The van der Waals surface area contributed by atoms with Crippen LogP contribution in [0.3, 0.4) is 0 Å². The zero-order chi connectivity index (χ0) is 15.2. The summed E-state index contributed by atoms with van der Waals surface area (Å²) < 4.78 is 0. The molecule has 1 saturated carbocycles. The fraction of sp³-hybridized carbons (Fsp3) is 0.467. The first-order valence-electron chi connectivity index (χ1n) is 7.01. The van der Waals surface area contributed by atoms with Crippen LogP contribution in [-0.4, -0.2) is 35.8 Å². The van der Waals surface area contributed by atoms with E-state index >= 15 is 0 Å². The molecule has 0 aromatic heterocycles. The average Bonchev–Trinajstić information content (AvgIpc) is 3.31. The van der Waals surface area contributed by atoms with E-state index in [-0.39, 0.29) is 6.10 Å². The quantitative estimate of drug-likeness (QED) is 0.551. The van der Waals surface area contributed by atoms with Crippen molar-refractivity contribution in [1.82, 2.24) is 5.32 Å². The lowest BCUT2D eigenvalue weighted by molar-refractivity contribution is -0.136. The highest BCUT2D eigenvalue weighted by Crippen LogP contribution is 2.33. The summed E-state index contributed by atoms with van der Waals surface area (Å²) in [6, 6.07) is 7.31. The second-order valence-electron chi connectivity index (χ2n) is 5.14. The van der Waals surface area contributed by atoms with Gasteiger partial charge >= 0.3 is 11.8 Å². The van der Waals surface area contributed by atoms with Crippen molar-refractivity contribution in [2.75, 3.05) is 18.1 Å². The molecule has 0 saturated heterocycles. The second kappa shape index (κ2) is 7.47. The highest BCUT2D eigenvalue weighted by atomic mass is 32.2. The Kier molecular flexibility index (Phi) is 5.64. The average molecular weight is 308 g/mol. The van der Waals surface area contributed by atoms with Gasteiger partial charge in [0, 0.05) is 17.1 Å². The molecule has 2 amide bonds. The van der Waals surface area contributed by atoms with Gasteiger partial charge in [-0.25, -0.2) is 0 Å². The predicted molar refractivity (Wildman–Crippen MR) is 83.2 cm³/mol. The van der Waals surface area contributed by atoms with E-state index in [2.05, 4.69) is 10.6 Å². The van der Waals surface area contributed by atoms with Crippen molar-refractivity contribution in [3.8, 4) is 0 Å². The molecule has 1 aliphatic rings. The van der Waals surface area contributed by atoms with Gasteiger partial charge in [0.05, 0.1) is 6.10 Å². The van der Waals surface area contributed by atoms with Crippen LogP contribution in [0.25, 0.3) is 0 Å². The van der Waals surface area contributed by atoms with Gasteiger partial charge in [0.15, 0.2) is 0 Å². The van der Waals surface area contributed by atoms with Crippen LogP contribution in [0.1, 0.15) is 19.3 Å². The molecule has 21 heavy (non-hydrogen) atoms. The molecule has 0 spiro atoms. The molecule has 0 bridgehead atoms. The Labute approximate surface area is 128 Å². The monoisotopic (exact) mass is 308 g/mol. The van der Waals surface area contributed by atoms with E-state index in [4.69, 9.17) is 0 Å². The van der Waals surface area contributed by atoms with Gasteiger partial charge in [-0.2, -0.15) is 0 Å². The SMILES string of the molecule is CSc1cccc(NC(=O)C(=O)NCC[C@H](O)C2CC2)c1. The molecular weight excluding hydrogens is 288 g/mol. The highest BCUT2D eigenvalue weighted by molar-refractivity contribution is 7.98. The van der Waals surface area contributed by atoms with Gasteiger partial charge in [-0.05, 0) is 49.6 Å². The van der Waals surface area contributed by atoms with Gasteiger partial charge in [-0.3, -0.25) is 9.59 Å². The van der Waals surface area contributed by atoms with Crippen LogP contribution in [0.5, 0.6) is 0 Å². The predicted octanol–water partition coefficient (Wildman–Crippen LogP) is 1.62. The molecule has 1 aliphatic carbocycles. The van der Waals surface area contributed by atoms with Crippen molar-refractivity contribution in [2.24, 2.45) is 5.92 Å². The summed E-state index contributed by atoms with van der Waals surface area (Å²) in [4.78, 5) is 24.4. The summed E-state index contributed by atoms with van der Waals surface area (Å²) in [5.74, 6) is -0.980. The van der Waals surface area contributed by atoms with Gasteiger partial charge in [-0.1, -0.05) is 6.07 Å². The molecule has 6 heteroatoms. The van der Waals surface area contributed by atoms with Crippen LogP contribution in [0.2, 0.25) is 0 Å². The lowest BCUT2D eigenvalue weighted by Gasteiger charge is -2.10. The third-order valence-electron chi connectivity index (χ3n) is 3.43. The van der Waals surface area contributed by atoms with Crippen LogP contribution in [0.4, 0.5) is 5.69 Å². The molecule has 1 fully saturated rings. The number of rotatable bonds is 6. The number of carbonyl (C=O) groups excluding carboxylic acids is 2. The number of aliphatic hydroxyl groups is 1. The Balaban J connectivity index is 1.74. The molecule has 114 valence electrons. The van der Waals surface area contributed by atoms with Crippen LogP contribution in [0, 0.1) is 5.92 Å². The minimum Gasteiger partial charge on any atom is -0.393 e. The number of hydrogen-bond donors (Lipinski definition) is 3. The minimum absolute atomic E-state index is 0.314. The highest BCUT2D eigenvalue weighted by Gasteiger charge is 2.29. The number of nitrogens with one attached hydrogen (secondary N) is 2. The third kappa shape index (κ3) is 5.06. The molecule has 1 aromatic rings. The van der Waals surface area contributed by atoms with Crippen molar-refractivity contribution >= 4 is 29.3 Å². The van der Waals surface area contributed by atoms with Crippen LogP contribution >= 0.6 is 11.8 Å². The topological polar surface area (TPSA) is 78.4 Å². The standard InChI is InChI=1S/C15H20N2O3S/c1-21-12-4-2-3-11(9-12)17-15(20)14(19)16-8-7-13(18)10-5-6-10/h2-4,9-10,13,18H,5-8H2,1H3,(H,16,19)(H,17,20)/t13-/m0/s1. The van der Waals surface area contributed by atoms with Crippen LogP contribution in [-0.2, 0) is 9.59 Å². The molecular formula is C15H20N2O3S. The Bertz CT molecular complexity index is 517. The first-order chi connectivity index (χ1) is 10.1. The molecule has 3 N–H and O–H groups in total. The van der Waals surface area contributed by atoms with Crippen molar-refractivity contribution in [3.63, 3.8) is 0 Å². The Morgan fingerprint density at radius 1 is 1.38 bits per heavy atom. The van der Waals surface area contributed by atoms with Crippen molar-refractivity contribution < 1.29 is 14.7 Å². The van der Waals surface area contributed by atoms with Gasteiger partial charge in [0.25, 0.3) is 0 Å². The number of amides is 2. The molecule has 5 nitrogen and oxygen atoms in total. The zero-order valence-electron chi connectivity index (χ0n) is 12.0. The Hall–Kier alpha value is -1.53. The number of carbonyl (C=O) groups is 2. The van der Waals surface area contributed by atoms with E-state index in [1.807, 2.05) is 24.5 Å². The summed E-state index contributed by atoms with van der Waals surface area (Å²) >= 11 is 1.56. The Morgan fingerprint density at radius 3 is 2.81 bits per heavy atom. The van der Waals surface area contributed by atoms with Crippen LogP contribution in [0.15, 0.2) is 29.2 Å². The fourth-order valence-electron chi connectivity index (χ4n) is 2.02. The molecule has 1 atom stereocenters. The number of aliphatic hydroxyl groups excluding tert-OH is 1. The third-order valence-corrected chi connectivity index (χ3v) is 4.15. The van der Waals surface area contributed by atoms with Gasteiger partial charge in [0.1, 0.15) is 0 Å². The number of hydrogen-bond acceptors (Lipinski definition) is 4. The maximum absolute atomic E-state index is 11.7. The lowest BCUT2D eigenvalue weighted by Crippen LogP contribution is -2.37. The number of anilines is 1. The first-order valence-corrected chi connectivity index (χ1v) is 8.24. The summed E-state index contributed by atoms with van der Waals surface area (Å²) in [6.45, 7) is 0.314. The van der Waals surface area contributed by atoms with Crippen LogP contribution < -0.4 is 10.6 Å². The van der Waals surface area contributed by atoms with E-state index in [1.54, 1.807) is 17.8 Å². The largest absolute Gasteiger partial charge is 0.393 e. The van der Waals surface area contributed by atoms with E-state index in [9.17, 15) is 14.7 Å². The van der Waals surface area contributed by atoms with Crippen molar-refractivity contribution in [1.29, 1.82) is 0 Å². The number of benzene rings is 1. The molecule has 0 unspecified atom stereocenters. The van der Waals surface area contributed by atoms with E-state index in [1.165, 1.54) is 0 Å². The number of thioether (sulfide) groups is 1. The molecule has 2 rings (SSSR count). The van der Waals surface area contributed by atoms with Crippen molar-refractivity contribution in [2.45, 2.75) is 30.3 Å². The van der Waals surface area contributed by atoms with Gasteiger partial charge < -0.3 is 15.7 Å². The van der Waals surface area contributed by atoms with Gasteiger partial charge in [-0.15, -0.1) is 11.8 Å². The summed E-state index contributed by atoms with van der Waals surface area (Å²) in [5, 5.41) is 14.8. The summed E-state index contributed by atoms with van der Waals surface area (Å²) in [6.07, 6.45) is 4.18. The fourth-order valence-corrected chi connectivity index (χ4v) is 2.48. The smallest absolute Gasteiger partial charge is 0.313 e. The maximum Gasteiger partial charge on any atom is 0.313 e. The Morgan fingerprint density at radius 2 is 2.14 bits per heavy atom. The second-order valence-corrected chi connectivity index (χ2v) is 6.02. The van der Waals surface area contributed by atoms with Gasteiger partial charge in [0.2, 0.25) is 0 Å². The lowest BCUT2D eigenvalue weighted by atomic mass is 10.2. The molecule has 0 heterocycles. The molecule has 0 radical (unpaired) electrons. The van der Waals surface area contributed by atoms with E-state index in [0.717, 1.165) is 17.7 Å². The molecule has 1 aromatic carbocycles. The van der Waals surface area contributed by atoms with E-state index in [0.29, 0.717) is 24.6 Å².